The number of anilines is 1. The number of hydrogen-bond donors (Lipinski definition) is 2. The highest BCUT2D eigenvalue weighted by molar-refractivity contribution is 5.92. The van der Waals surface area contributed by atoms with E-state index in [1.807, 2.05) is 24.3 Å². The largest absolute Gasteiger partial charge is 0.486 e. The van der Waals surface area contributed by atoms with Gasteiger partial charge in [0, 0.05) is 44.5 Å². The highest BCUT2D eigenvalue weighted by atomic mass is 16.7. The van der Waals surface area contributed by atoms with Gasteiger partial charge in [-0.15, -0.1) is 0 Å². The van der Waals surface area contributed by atoms with Gasteiger partial charge in [0.2, 0.25) is 12.7 Å². The summed E-state index contributed by atoms with van der Waals surface area (Å²) in [5.74, 6) is 2.65. The number of piperazine rings is 1. The first-order valence-electron chi connectivity index (χ1n) is 10.8. The van der Waals surface area contributed by atoms with Gasteiger partial charge in [0.15, 0.2) is 29.1 Å². The number of nitrogens with zero attached hydrogens (tertiary/aromatic N) is 2. The van der Waals surface area contributed by atoms with E-state index in [1.165, 1.54) is 0 Å². The van der Waals surface area contributed by atoms with Crippen LogP contribution in [-0.2, 0) is 4.79 Å². The topological polar surface area (TPSA) is 92.7 Å². The summed E-state index contributed by atoms with van der Waals surface area (Å²) in [6.07, 6.45) is -1.04. The van der Waals surface area contributed by atoms with Gasteiger partial charge in [-0.1, -0.05) is 12.1 Å². The minimum absolute atomic E-state index is 0.0660. The Balaban J connectivity index is 1.05. The van der Waals surface area contributed by atoms with Gasteiger partial charge in [-0.2, -0.15) is 0 Å². The van der Waals surface area contributed by atoms with E-state index in [4.69, 9.17) is 18.9 Å². The second-order valence-electron chi connectivity index (χ2n) is 8.17. The van der Waals surface area contributed by atoms with Crippen LogP contribution in [0.3, 0.4) is 0 Å². The van der Waals surface area contributed by atoms with Crippen molar-refractivity contribution in [3.63, 3.8) is 0 Å². The second kappa shape index (κ2) is 9.23. The van der Waals surface area contributed by atoms with Gasteiger partial charge in [-0.25, -0.2) is 0 Å². The Morgan fingerprint density at radius 3 is 2.53 bits per heavy atom. The molecule has 3 aliphatic rings. The van der Waals surface area contributed by atoms with Crippen LogP contribution < -0.4 is 24.3 Å². The Hall–Kier alpha value is -3.01. The number of aliphatic hydroxyl groups excluding tert-OH is 1. The number of carbonyl (C=O) groups excluding carboxylic acids is 1. The number of nitrogens with one attached hydrogen (secondary N) is 1. The summed E-state index contributed by atoms with van der Waals surface area (Å²) < 4.78 is 22.3. The van der Waals surface area contributed by atoms with Gasteiger partial charge >= 0.3 is 0 Å². The maximum absolute atomic E-state index is 12.4. The lowest BCUT2D eigenvalue weighted by Gasteiger charge is -2.37. The minimum Gasteiger partial charge on any atom is -0.486 e. The molecule has 0 radical (unpaired) electrons. The van der Waals surface area contributed by atoms with E-state index in [0.29, 0.717) is 48.4 Å². The molecular weight excluding hydrogens is 414 g/mol. The third-order valence-corrected chi connectivity index (χ3v) is 5.89. The second-order valence-corrected chi connectivity index (χ2v) is 8.17. The number of benzene rings is 2. The quantitative estimate of drug-likeness (QED) is 0.690. The number of fused-ring (bicyclic) bond motifs is 2. The van der Waals surface area contributed by atoms with Crippen LogP contribution in [0.25, 0.3) is 0 Å². The molecule has 2 unspecified atom stereocenters. The number of hydrogen-bond acceptors (Lipinski definition) is 8. The summed E-state index contributed by atoms with van der Waals surface area (Å²) in [4.78, 5) is 16.7. The van der Waals surface area contributed by atoms with E-state index < -0.39 is 12.2 Å². The van der Waals surface area contributed by atoms with E-state index in [2.05, 4.69) is 15.1 Å². The van der Waals surface area contributed by atoms with Crippen molar-refractivity contribution in [2.75, 3.05) is 58.0 Å². The van der Waals surface area contributed by atoms with Crippen LogP contribution in [0.5, 0.6) is 23.0 Å². The summed E-state index contributed by atoms with van der Waals surface area (Å²) in [5.41, 5.74) is 0.692. The molecule has 5 rings (SSSR count). The van der Waals surface area contributed by atoms with Gasteiger partial charge < -0.3 is 29.4 Å². The molecule has 0 aliphatic carbocycles. The van der Waals surface area contributed by atoms with Crippen molar-refractivity contribution in [3.05, 3.63) is 42.5 Å². The molecular formula is C23H27N3O6. The molecule has 2 aromatic carbocycles. The van der Waals surface area contributed by atoms with Crippen LogP contribution in [-0.4, -0.2) is 85.7 Å². The van der Waals surface area contributed by atoms with Gasteiger partial charge in [0.1, 0.15) is 12.7 Å². The predicted molar refractivity (Wildman–Crippen MR) is 116 cm³/mol. The molecule has 0 saturated carbocycles. The lowest BCUT2D eigenvalue weighted by Crippen LogP contribution is -2.53. The molecule has 2 atom stereocenters. The Morgan fingerprint density at radius 2 is 1.69 bits per heavy atom. The van der Waals surface area contributed by atoms with Crippen LogP contribution >= 0.6 is 0 Å². The molecule has 0 aromatic heterocycles. The van der Waals surface area contributed by atoms with Crippen molar-refractivity contribution in [2.45, 2.75) is 12.2 Å². The lowest BCUT2D eigenvalue weighted by atomic mass is 10.1. The van der Waals surface area contributed by atoms with Crippen molar-refractivity contribution >= 4 is 11.6 Å². The van der Waals surface area contributed by atoms with E-state index >= 15 is 0 Å². The number of β-amino-alcohol motifs (C(OH)–C–C–N with tert-alkyl or cyclic N) is 1. The molecule has 3 aliphatic heterocycles. The summed E-state index contributed by atoms with van der Waals surface area (Å²) >= 11 is 0. The first-order chi connectivity index (χ1) is 15.6. The third-order valence-electron chi connectivity index (χ3n) is 5.89. The van der Waals surface area contributed by atoms with E-state index in [9.17, 15) is 9.90 Å². The fourth-order valence-electron chi connectivity index (χ4n) is 4.12. The van der Waals surface area contributed by atoms with Crippen molar-refractivity contribution < 1.29 is 28.8 Å². The van der Waals surface area contributed by atoms with Crippen molar-refractivity contribution in [3.8, 4) is 23.0 Å². The Bertz CT molecular complexity index is 962. The molecule has 1 fully saturated rings. The molecule has 2 N–H and O–H groups in total. The third kappa shape index (κ3) is 4.74. The Morgan fingerprint density at radius 1 is 0.969 bits per heavy atom. The number of carbonyl (C=O) groups is 1. The van der Waals surface area contributed by atoms with Crippen LogP contribution in [0.1, 0.15) is 0 Å². The standard InChI is InChI=1S/C23H27N3O6/c27-17(22-14-29-18-3-1-2-4-20(18)32-22)12-25-7-9-26(10-8-25)13-23(28)24-16-5-6-19-21(11-16)31-15-30-19/h1-6,11,17,22,27H,7-10,12-15H2,(H,24,28). The molecule has 0 bridgehead atoms. The molecule has 1 saturated heterocycles. The van der Waals surface area contributed by atoms with E-state index in [0.717, 1.165) is 26.2 Å². The molecule has 9 nitrogen and oxygen atoms in total. The zero-order valence-electron chi connectivity index (χ0n) is 17.7. The summed E-state index contributed by atoms with van der Waals surface area (Å²) in [5, 5.41) is 13.6. The number of para-hydroxylation sites is 2. The van der Waals surface area contributed by atoms with Crippen molar-refractivity contribution in [1.29, 1.82) is 0 Å². The summed E-state index contributed by atoms with van der Waals surface area (Å²) in [6, 6.07) is 12.9. The van der Waals surface area contributed by atoms with E-state index in [-0.39, 0.29) is 12.7 Å². The van der Waals surface area contributed by atoms with Crippen molar-refractivity contribution in [1.82, 2.24) is 9.80 Å². The van der Waals surface area contributed by atoms with Gasteiger partial charge in [-0.05, 0) is 24.3 Å². The SMILES string of the molecule is O=C(CN1CCN(CC(O)C2COc3ccccc3O2)CC1)Nc1ccc2c(c1)OCO2. The number of ether oxygens (including phenoxy) is 4. The summed E-state index contributed by atoms with van der Waals surface area (Å²) in [7, 11) is 0. The maximum atomic E-state index is 12.4. The zero-order chi connectivity index (χ0) is 21.9. The zero-order valence-corrected chi connectivity index (χ0v) is 17.7. The highest BCUT2D eigenvalue weighted by Crippen LogP contribution is 2.34. The fraction of sp³-hybridized carbons (Fsp3) is 0.435. The number of amides is 1. The Labute approximate surface area is 186 Å². The van der Waals surface area contributed by atoms with Gasteiger partial charge in [-0.3, -0.25) is 14.6 Å². The lowest BCUT2D eigenvalue weighted by molar-refractivity contribution is -0.117. The normalized spacial score (nSPS) is 21.2. The first-order valence-corrected chi connectivity index (χ1v) is 10.8. The summed E-state index contributed by atoms with van der Waals surface area (Å²) in [6.45, 7) is 4.43. The monoisotopic (exact) mass is 441 g/mol. The molecule has 9 heteroatoms. The fourth-order valence-corrected chi connectivity index (χ4v) is 4.12. The number of rotatable bonds is 6. The average Bonchev–Trinajstić information content (AvgIpc) is 3.28. The van der Waals surface area contributed by atoms with Gasteiger partial charge in [0.05, 0.1) is 6.54 Å². The van der Waals surface area contributed by atoms with Crippen molar-refractivity contribution in [2.24, 2.45) is 0 Å². The Kier molecular flexibility index (Phi) is 6.02. The molecule has 32 heavy (non-hydrogen) atoms. The number of aliphatic hydroxyl groups is 1. The molecule has 170 valence electrons. The highest BCUT2D eigenvalue weighted by Gasteiger charge is 2.30. The van der Waals surface area contributed by atoms with Crippen LogP contribution in [0, 0.1) is 0 Å². The molecule has 3 heterocycles. The van der Waals surface area contributed by atoms with Crippen LogP contribution in [0.15, 0.2) is 42.5 Å². The molecule has 1 amide bonds. The average molecular weight is 441 g/mol. The van der Waals surface area contributed by atoms with E-state index in [1.54, 1.807) is 18.2 Å². The predicted octanol–water partition coefficient (Wildman–Crippen LogP) is 1.17. The van der Waals surface area contributed by atoms with Crippen LogP contribution in [0.4, 0.5) is 5.69 Å². The van der Waals surface area contributed by atoms with Gasteiger partial charge in [0.25, 0.3) is 0 Å². The first kappa shape index (κ1) is 20.9. The molecule has 0 spiro atoms. The minimum atomic E-state index is -0.649. The molecule has 2 aromatic rings. The van der Waals surface area contributed by atoms with Crippen LogP contribution in [0.2, 0.25) is 0 Å². The maximum Gasteiger partial charge on any atom is 0.238 e. The smallest absolute Gasteiger partial charge is 0.238 e.